The summed E-state index contributed by atoms with van der Waals surface area (Å²) < 4.78 is 10.9. The highest BCUT2D eigenvalue weighted by atomic mass is 16.5. The fourth-order valence-corrected chi connectivity index (χ4v) is 3.67. The highest BCUT2D eigenvalue weighted by molar-refractivity contribution is 5.53. The molecule has 1 atom stereocenters. The van der Waals surface area contributed by atoms with E-state index in [1.54, 1.807) is 14.2 Å². The van der Waals surface area contributed by atoms with Crippen molar-refractivity contribution < 1.29 is 14.6 Å². The Bertz CT molecular complexity index is 711. The molecule has 0 aliphatic heterocycles. The van der Waals surface area contributed by atoms with Gasteiger partial charge in [0.25, 0.3) is 0 Å². The average molecular weight is 312 g/mol. The third-order valence-corrected chi connectivity index (χ3v) is 4.88. The van der Waals surface area contributed by atoms with Crippen molar-refractivity contribution in [1.82, 2.24) is 0 Å². The van der Waals surface area contributed by atoms with Crippen LogP contribution in [0, 0.1) is 13.8 Å². The smallest absolute Gasteiger partial charge is 0.161 e. The maximum atomic E-state index is 10.0. The first-order valence-corrected chi connectivity index (χ1v) is 8.10. The summed E-state index contributed by atoms with van der Waals surface area (Å²) in [6.07, 6.45) is 3.35. The van der Waals surface area contributed by atoms with Crippen LogP contribution < -0.4 is 9.47 Å². The second-order valence-electron chi connectivity index (χ2n) is 6.35. The van der Waals surface area contributed by atoms with Gasteiger partial charge in [-0.25, -0.2) is 0 Å². The third-order valence-electron chi connectivity index (χ3n) is 4.88. The van der Waals surface area contributed by atoms with Crippen molar-refractivity contribution >= 4 is 0 Å². The van der Waals surface area contributed by atoms with Crippen LogP contribution in [0.25, 0.3) is 0 Å². The number of fused-ring (bicyclic) bond motifs is 1. The summed E-state index contributed by atoms with van der Waals surface area (Å²) >= 11 is 0. The van der Waals surface area contributed by atoms with Gasteiger partial charge in [0.2, 0.25) is 0 Å². The normalized spacial score (nSPS) is 16.8. The van der Waals surface area contributed by atoms with Gasteiger partial charge in [0, 0.05) is 5.92 Å². The van der Waals surface area contributed by atoms with Crippen molar-refractivity contribution in [3.05, 3.63) is 52.1 Å². The highest BCUT2D eigenvalue weighted by Crippen LogP contribution is 2.43. The number of methoxy groups -OCH3 is 2. The number of ether oxygens (including phenoxy) is 2. The Labute approximate surface area is 137 Å². The van der Waals surface area contributed by atoms with Crippen LogP contribution in [0.3, 0.4) is 0 Å². The summed E-state index contributed by atoms with van der Waals surface area (Å²) in [6.45, 7) is 3.92. The number of aromatic hydroxyl groups is 1. The molecule has 0 radical (unpaired) electrons. The van der Waals surface area contributed by atoms with E-state index in [4.69, 9.17) is 9.47 Å². The third kappa shape index (κ3) is 2.76. The van der Waals surface area contributed by atoms with Gasteiger partial charge >= 0.3 is 0 Å². The molecule has 3 nitrogen and oxygen atoms in total. The Morgan fingerprint density at radius 3 is 2.17 bits per heavy atom. The molecule has 3 rings (SSSR count). The summed E-state index contributed by atoms with van der Waals surface area (Å²) in [6, 6.07) is 8.45. The van der Waals surface area contributed by atoms with E-state index in [2.05, 4.69) is 24.3 Å². The number of hydrogen-bond donors (Lipinski definition) is 1. The zero-order valence-electron chi connectivity index (χ0n) is 14.3. The van der Waals surface area contributed by atoms with Crippen LogP contribution in [-0.2, 0) is 6.42 Å². The predicted molar refractivity (Wildman–Crippen MR) is 91.9 cm³/mol. The molecule has 2 aromatic carbocycles. The molecule has 0 amide bonds. The minimum Gasteiger partial charge on any atom is -0.507 e. The molecule has 0 saturated heterocycles. The molecule has 0 fully saturated rings. The fourth-order valence-electron chi connectivity index (χ4n) is 3.67. The number of phenolic OH excluding ortho intramolecular Hbond substituents is 1. The Hall–Kier alpha value is -2.16. The lowest BCUT2D eigenvalue weighted by Gasteiger charge is -2.28. The maximum Gasteiger partial charge on any atom is 0.161 e. The molecule has 0 heterocycles. The monoisotopic (exact) mass is 312 g/mol. The molecule has 1 aliphatic rings. The van der Waals surface area contributed by atoms with Crippen LogP contribution in [0.5, 0.6) is 17.2 Å². The van der Waals surface area contributed by atoms with E-state index in [9.17, 15) is 5.11 Å². The van der Waals surface area contributed by atoms with Crippen molar-refractivity contribution in [3.8, 4) is 17.2 Å². The first kappa shape index (κ1) is 15.7. The lowest BCUT2D eigenvalue weighted by atomic mass is 9.78. The van der Waals surface area contributed by atoms with Crippen LogP contribution in [0.1, 0.15) is 46.6 Å². The van der Waals surface area contributed by atoms with E-state index < -0.39 is 0 Å². The minimum absolute atomic E-state index is 0.344. The summed E-state index contributed by atoms with van der Waals surface area (Å²) in [5.74, 6) is 2.32. The van der Waals surface area contributed by atoms with Gasteiger partial charge in [0.1, 0.15) is 5.75 Å². The fraction of sp³-hybridized carbons (Fsp3) is 0.400. The van der Waals surface area contributed by atoms with Gasteiger partial charge in [0.15, 0.2) is 11.5 Å². The molecule has 0 spiro atoms. The van der Waals surface area contributed by atoms with Crippen molar-refractivity contribution in [2.24, 2.45) is 0 Å². The van der Waals surface area contributed by atoms with Crippen LogP contribution in [-0.4, -0.2) is 19.3 Å². The quantitative estimate of drug-likeness (QED) is 0.907. The molecule has 23 heavy (non-hydrogen) atoms. The van der Waals surface area contributed by atoms with Gasteiger partial charge < -0.3 is 14.6 Å². The van der Waals surface area contributed by atoms with Crippen LogP contribution in [0.2, 0.25) is 0 Å². The Morgan fingerprint density at radius 2 is 1.57 bits per heavy atom. The first-order valence-electron chi connectivity index (χ1n) is 8.10. The molecule has 0 unspecified atom stereocenters. The number of benzene rings is 2. The van der Waals surface area contributed by atoms with Crippen molar-refractivity contribution in [2.45, 2.75) is 39.0 Å². The maximum absolute atomic E-state index is 10.0. The highest BCUT2D eigenvalue weighted by Gasteiger charge is 2.25. The molecule has 0 bridgehead atoms. The number of rotatable bonds is 3. The van der Waals surface area contributed by atoms with Crippen LogP contribution in [0.15, 0.2) is 24.3 Å². The van der Waals surface area contributed by atoms with E-state index in [1.165, 1.54) is 16.7 Å². The predicted octanol–water partition coefficient (Wildman–Crippen LogP) is 4.49. The number of aryl methyl sites for hydroxylation is 3. The lowest BCUT2D eigenvalue weighted by molar-refractivity contribution is 0.353. The Balaban J connectivity index is 2.11. The first-order chi connectivity index (χ1) is 11.0. The number of hydrogen-bond acceptors (Lipinski definition) is 3. The molecule has 2 aromatic rings. The van der Waals surface area contributed by atoms with Crippen molar-refractivity contribution in [2.75, 3.05) is 14.2 Å². The zero-order valence-corrected chi connectivity index (χ0v) is 14.3. The molecule has 1 N–H and O–H groups in total. The van der Waals surface area contributed by atoms with Crippen molar-refractivity contribution in [3.63, 3.8) is 0 Å². The Kier molecular flexibility index (Phi) is 4.20. The topological polar surface area (TPSA) is 38.7 Å². The van der Waals surface area contributed by atoms with Gasteiger partial charge in [-0.05, 0) is 73.1 Å². The summed E-state index contributed by atoms with van der Waals surface area (Å²) in [5, 5.41) is 10.0. The number of phenols is 1. The van der Waals surface area contributed by atoms with Gasteiger partial charge in [-0.2, -0.15) is 0 Å². The molecular weight excluding hydrogens is 288 g/mol. The second kappa shape index (κ2) is 6.15. The standard InChI is InChI=1S/C20H24O3/c1-12-8-15(9-13(2)20(12)21)16-7-5-6-14-10-18(22-3)19(23-4)11-17(14)16/h8-11,16,21H,5-7H2,1-4H3/t16-/m1/s1. The van der Waals surface area contributed by atoms with E-state index in [0.29, 0.717) is 11.7 Å². The van der Waals surface area contributed by atoms with E-state index in [-0.39, 0.29) is 0 Å². The van der Waals surface area contributed by atoms with Crippen LogP contribution >= 0.6 is 0 Å². The molecule has 122 valence electrons. The molecular formula is C20H24O3. The Morgan fingerprint density at radius 1 is 0.957 bits per heavy atom. The van der Waals surface area contributed by atoms with Gasteiger partial charge in [0.05, 0.1) is 14.2 Å². The van der Waals surface area contributed by atoms with Gasteiger partial charge in [-0.3, -0.25) is 0 Å². The van der Waals surface area contributed by atoms with E-state index in [0.717, 1.165) is 41.9 Å². The summed E-state index contributed by atoms with van der Waals surface area (Å²) in [5.41, 5.74) is 5.80. The molecule has 1 aliphatic carbocycles. The lowest BCUT2D eigenvalue weighted by Crippen LogP contribution is -2.12. The van der Waals surface area contributed by atoms with Gasteiger partial charge in [-0.1, -0.05) is 12.1 Å². The summed E-state index contributed by atoms with van der Waals surface area (Å²) in [7, 11) is 3.36. The van der Waals surface area contributed by atoms with E-state index >= 15 is 0 Å². The SMILES string of the molecule is COc1cc2c(cc1OC)[C@@H](c1cc(C)c(O)c(C)c1)CCC2. The zero-order chi connectivity index (χ0) is 16.6. The van der Waals surface area contributed by atoms with Gasteiger partial charge in [-0.15, -0.1) is 0 Å². The molecule has 3 heteroatoms. The minimum atomic E-state index is 0.344. The van der Waals surface area contributed by atoms with Crippen LogP contribution in [0.4, 0.5) is 0 Å². The largest absolute Gasteiger partial charge is 0.507 e. The summed E-state index contributed by atoms with van der Waals surface area (Å²) in [4.78, 5) is 0. The molecule has 0 aromatic heterocycles. The van der Waals surface area contributed by atoms with E-state index in [1.807, 2.05) is 13.8 Å². The second-order valence-corrected chi connectivity index (χ2v) is 6.35. The average Bonchev–Trinajstić information content (AvgIpc) is 2.57. The van der Waals surface area contributed by atoms with Crippen molar-refractivity contribution in [1.29, 1.82) is 0 Å². The molecule has 0 saturated carbocycles.